The summed E-state index contributed by atoms with van der Waals surface area (Å²) in [6.45, 7) is 0. The van der Waals surface area contributed by atoms with Crippen LogP contribution in [0.1, 0.15) is 42.6 Å². The number of carbonyl (C=O) groups excluding carboxylic acids is 1. The van der Waals surface area contributed by atoms with Crippen molar-refractivity contribution in [1.29, 1.82) is 0 Å². The molecule has 2 aliphatic rings. The average molecular weight is 287 g/mol. The van der Waals surface area contributed by atoms with Crippen LogP contribution in [0.3, 0.4) is 0 Å². The van der Waals surface area contributed by atoms with Crippen LogP contribution < -0.4 is 5.32 Å². The maximum Gasteiger partial charge on any atom is 0.274 e. The predicted molar refractivity (Wildman–Crippen MR) is 76.5 cm³/mol. The highest BCUT2D eigenvalue weighted by Crippen LogP contribution is 2.44. The molecule has 0 aliphatic heterocycles. The van der Waals surface area contributed by atoms with E-state index in [1.165, 1.54) is 30.1 Å². The monoisotopic (exact) mass is 287 g/mol. The minimum Gasteiger partial charge on any atom is -0.348 e. The summed E-state index contributed by atoms with van der Waals surface area (Å²) in [6.07, 6.45) is 7.49. The molecular formula is C16H18FN3O. The molecule has 0 spiro atoms. The first-order valence-electron chi connectivity index (χ1n) is 7.67. The van der Waals surface area contributed by atoms with Crippen molar-refractivity contribution in [3.8, 4) is 0 Å². The third-order valence-corrected chi connectivity index (χ3v) is 5.09. The fraction of sp³-hybridized carbons (Fsp3) is 0.500. The van der Waals surface area contributed by atoms with Gasteiger partial charge < -0.3 is 5.32 Å². The van der Waals surface area contributed by atoms with E-state index in [1.54, 1.807) is 24.4 Å². The number of rotatable bonds is 2. The quantitative estimate of drug-likeness (QED) is 0.923. The minimum absolute atomic E-state index is 0.0948. The van der Waals surface area contributed by atoms with Crippen molar-refractivity contribution >= 4 is 11.6 Å². The fourth-order valence-corrected chi connectivity index (χ4v) is 4.09. The van der Waals surface area contributed by atoms with Gasteiger partial charge in [-0.25, -0.2) is 4.98 Å². The second-order valence-electron chi connectivity index (χ2n) is 6.19. The maximum atomic E-state index is 14.3. The van der Waals surface area contributed by atoms with Gasteiger partial charge in [0.1, 0.15) is 5.65 Å². The Kier molecular flexibility index (Phi) is 2.94. The lowest BCUT2D eigenvalue weighted by molar-refractivity contribution is 0.0917. The van der Waals surface area contributed by atoms with E-state index in [1.807, 2.05) is 0 Å². The zero-order chi connectivity index (χ0) is 14.4. The van der Waals surface area contributed by atoms with Crippen molar-refractivity contribution in [2.75, 3.05) is 0 Å². The van der Waals surface area contributed by atoms with Gasteiger partial charge in [-0.15, -0.1) is 0 Å². The number of nitrogens with zero attached hydrogens (tertiary/aromatic N) is 2. The molecule has 0 radical (unpaired) electrons. The standard InChI is InChI=1S/C16H18FN3O/c17-15-14(19-13-6-1-2-9-20(13)15)16(21)18-12-8-7-10-4-3-5-11(10)12/h1-2,6,9-12H,3-5,7-8H2,(H,18,21). The number of imidazole rings is 1. The smallest absolute Gasteiger partial charge is 0.274 e. The average Bonchev–Trinajstić information content (AvgIpc) is 3.16. The summed E-state index contributed by atoms with van der Waals surface area (Å²) in [6, 6.07) is 5.39. The lowest BCUT2D eigenvalue weighted by Crippen LogP contribution is -2.38. The second-order valence-corrected chi connectivity index (χ2v) is 6.19. The van der Waals surface area contributed by atoms with Crippen LogP contribution in [0.15, 0.2) is 24.4 Å². The van der Waals surface area contributed by atoms with E-state index in [4.69, 9.17) is 0 Å². The molecule has 2 aliphatic carbocycles. The van der Waals surface area contributed by atoms with E-state index < -0.39 is 5.95 Å². The number of pyridine rings is 1. The molecule has 2 aromatic heterocycles. The Hall–Kier alpha value is -1.91. The van der Waals surface area contributed by atoms with Gasteiger partial charge in [0.25, 0.3) is 5.91 Å². The highest BCUT2D eigenvalue weighted by Gasteiger charge is 2.40. The predicted octanol–water partition coefficient (Wildman–Crippen LogP) is 2.78. The summed E-state index contributed by atoms with van der Waals surface area (Å²) in [4.78, 5) is 16.5. The molecule has 1 amide bonds. The van der Waals surface area contributed by atoms with E-state index in [0.29, 0.717) is 11.6 Å². The van der Waals surface area contributed by atoms with E-state index >= 15 is 0 Å². The highest BCUT2D eigenvalue weighted by molar-refractivity contribution is 5.93. The molecule has 110 valence electrons. The maximum absolute atomic E-state index is 14.3. The van der Waals surface area contributed by atoms with Gasteiger partial charge >= 0.3 is 0 Å². The summed E-state index contributed by atoms with van der Waals surface area (Å²) in [5, 5.41) is 3.01. The van der Waals surface area contributed by atoms with Crippen LogP contribution in [0.5, 0.6) is 0 Å². The first-order valence-corrected chi connectivity index (χ1v) is 7.67. The molecule has 1 N–H and O–H groups in total. The summed E-state index contributed by atoms with van der Waals surface area (Å²) in [5.74, 6) is 0.369. The van der Waals surface area contributed by atoms with Crippen molar-refractivity contribution in [3.63, 3.8) is 0 Å². The van der Waals surface area contributed by atoms with Crippen molar-refractivity contribution in [2.45, 2.75) is 38.1 Å². The van der Waals surface area contributed by atoms with Crippen LogP contribution in [0.25, 0.3) is 5.65 Å². The zero-order valence-electron chi connectivity index (χ0n) is 11.8. The molecule has 4 nitrogen and oxygen atoms in total. The van der Waals surface area contributed by atoms with Crippen molar-refractivity contribution in [1.82, 2.24) is 14.7 Å². The first kappa shape index (κ1) is 12.8. The number of nitrogens with one attached hydrogen (secondary N) is 1. The Balaban J connectivity index is 1.58. The summed E-state index contributed by atoms with van der Waals surface area (Å²) >= 11 is 0. The molecule has 0 bridgehead atoms. The topological polar surface area (TPSA) is 46.4 Å². The van der Waals surface area contributed by atoms with Gasteiger partial charge in [-0.3, -0.25) is 9.20 Å². The second kappa shape index (κ2) is 4.83. The highest BCUT2D eigenvalue weighted by atomic mass is 19.1. The molecule has 2 aromatic rings. The summed E-state index contributed by atoms with van der Waals surface area (Å²) < 4.78 is 15.6. The first-order chi connectivity index (χ1) is 10.2. The number of amides is 1. The molecule has 3 unspecified atom stereocenters. The van der Waals surface area contributed by atoms with Gasteiger partial charge in [-0.2, -0.15) is 4.39 Å². The molecule has 0 aromatic carbocycles. The normalized spacial score (nSPS) is 28.0. The van der Waals surface area contributed by atoms with Crippen molar-refractivity contribution in [3.05, 3.63) is 36.0 Å². The van der Waals surface area contributed by atoms with E-state index in [2.05, 4.69) is 10.3 Å². The van der Waals surface area contributed by atoms with E-state index in [0.717, 1.165) is 12.3 Å². The number of hydrogen-bond acceptors (Lipinski definition) is 2. The zero-order valence-corrected chi connectivity index (χ0v) is 11.8. The van der Waals surface area contributed by atoms with Gasteiger partial charge in [-0.1, -0.05) is 18.9 Å². The number of hydrogen-bond donors (Lipinski definition) is 1. The van der Waals surface area contributed by atoms with E-state index in [-0.39, 0.29) is 17.6 Å². The number of carbonyl (C=O) groups is 1. The molecule has 2 saturated carbocycles. The Morgan fingerprint density at radius 2 is 2.19 bits per heavy atom. The van der Waals surface area contributed by atoms with Crippen molar-refractivity contribution in [2.24, 2.45) is 11.8 Å². The summed E-state index contributed by atoms with van der Waals surface area (Å²) in [5.41, 5.74) is 0.368. The molecule has 4 rings (SSSR count). The number of aromatic nitrogens is 2. The SMILES string of the molecule is O=C(NC1CCC2CCCC21)c1nc2ccccn2c1F. The van der Waals surface area contributed by atoms with Gasteiger partial charge in [0.2, 0.25) is 5.95 Å². The molecule has 2 fully saturated rings. The van der Waals surface area contributed by atoms with Gasteiger partial charge in [0.05, 0.1) is 0 Å². The van der Waals surface area contributed by atoms with Crippen LogP contribution in [-0.4, -0.2) is 21.3 Å². The van der Waals surface area contributed by atoms with Crippen LogP contribution in [0.2, 0.25) is 0 Å². The Bertz CT molecular complexity index is 696. The molecular weight excluding hydrogens is 269 g/mol. The van der Waals surface area contributed by atoms with Crippen LogP contribution in [0.4, 0.5) is 4.39 Å². The number of fused-ring (bicyclic) bond motifs is 2. The minimum atomic E-state index is -0.580. The Morgan fingerprint density at radius 3 is 3.05 bits per heavy atom. The molecule has 2 heterocycles. The lowest BCUT2D eigenvalue weighted by Gasteiger charge is -2.19. The van der Waals surface area contributed by atoms with Crippen LogP contribution >= 0.6 is 0 Å². The van der Waals surface area contributed by atoms with Crippen molar-refractivity contribution < 1.29 is 9.18 Å². The van der Waals surface area contributed by atoms with Gasteiger partial charge in [0.15, 0.2) is 5.69 Å². The van der Waals surface area contributed by atoms with Gasteiger partial charge in [0, 0.05) is 12.2 Å². The molecule has 0 saturated heterocycles. The third-order valence-electron chi connectivity index (χ3n) is 5.09. The Labute approximate surface area is 122 Å². The van der Waals surface area contributed by atoms with Crippen LogP contribution in [0, 0.1) is 17.8 Å². The molecule has 3 atom stereocenters. The summed E-state index contributed by atoms with van der Waals surface area (Å²) in [7, 11) is 0. The molecule has 5 heteroatoms. The van der Waals surface area contributed by atoms with Crippen LogP contribution in [-0.2, 0) is 0 Å². The fourth-order valence-electron chi connectivity index (χ4n) is 4.09. The third kappa shape index (κ3) is 2.03. The Morgan fingerprint density at radius 1 is 1.29 bits per heavy atom. The molecule has 21 heavy (non-hydrogen) atoms. The largest absolute Gasteiger partial charge is 0.348 e. The van der Waals surface area contributed by atoms with Gasteiger partial charge in [-0.05, 0) is 43.2 Å². The number of halogens is 1. The lowest BCUT2D eigenvalue weighted by atomic mass is 9.97. The van der Waals surface area contributed by atoms with E-state index in [9.17, 15) is 9.18 Å².